The van der Waals surface area contributed by atoms with E-state index in [1.165, 1.54) is 34.8 Å². The van der Waals surface area contributed by atoms with Crippen molar-refractivity contribution in [2.45, 2.75) is 55.1 Å². The molecule has 0 saturated heterocycles. The Morgan fingerprint density at radius 3 is 2.36 bits per heavy atom. The number of hydrogen-bond donors (Lipinski definition) is 1. The predicted octanol–water partition coefficient (Wildman–Crippen LogP) is 5.26. The van der Waals surface area contributed by atoms with Crippen LogP contribution in [0.15, 0.2) is 83.5 Å². The predicted molar refractivity (Wildman–Crippen MR) is 158 cm³/mol. The van der Waals surface area contributed by atoms with E-state index < -0.39 is 44.5 Å². The van der Waals surface area contributed by atoms with Gasteiger partial charge in [0, 0.05) is 24.8 Å². The molecular formula is C33H29F3N4O4S. The van der Waals surface area contributed by atoms with E-state index in [1.807, 2.05) is 6.08 Å². The summed E-state index contributed by atoms with van der Waals surface area (Å²) in [6.07, 6.45) is 6.46. The zero-order valence-corrected chi connectivity index (χ0v) is 24.9. The van der Waals surface area contributed by atoms with E-state index in [9.17, 15) is 31.5 Å². The first-order valence-electron chi connectivity index (χ1n) is 14.7. The normalized spacial score (nSPS) is 22.0. The third-order valence-electron chi connectivity index (χ3n) is 9.20. The largest absolute Gasteiger partial charge is 0.389 e. The number of benzene rings is 2. The molecule has 0 radical (unpaired) electrons. The fourth-order valence-corrected chi connectivity index (χ4v) is 8.37. The number of ketones is 1. The summed E-state index contributed by atoms with van der Waals surface area (Å²) in [5, 5.41) is 15.4. The monoisotopic (exact) mass is 634 g/mol. The lowest BCUT2D eigenvalue weighted by Crippen LogP contribution is -2.52. The summed E-state index contributed by atoms with van der Waals surface area (Å²) in [7, 11) is -4.22. The fraction of sp³-hybridized carbons (Fsp3) is 0.303. The number of sulfonamides is 1. The molecule has 232 valence electrons. The van der Waals surface area contributed by atoms with E-state index in [2.05, 4.69) is 10.1 Å². The molecule has 12 heteroatoms. The van der Waals surface area contributed by atoms with Crippen molar-refractivity contribution in [1.29, 1.82) is 0 Å². The number of aromatic nitrogens is 3. The number of halogens is 3. The number of nitrogens with zero attached hydrogens (tertiary/aromatic N) is 4. The fourth-order valence-electron chi connectivity index (χ4n) is 6.64. The molecule has 0 aliphatic heterocycles. The number of allylic oxidation sites excluding steroid dienone is 1. The van der Waals surface area contributed by atoms with Crippen LogP contribution in [0.2, 0.25) is 0 Å². The van der Waals surface area contributed by atoms with E-state index in [1.54, 1.807) is 23.0 Å². The minimum atomic E-state index is -4.22. The van der Waals surface area contributed by atoms with E-state index >= 15 is 0 Å². The second-order valence-corrected chi connectivity index (χ2v) is 14.1. The average Bonchev–Trinajstić information content (AvgIpc) is 3.63. The molecule has 3 aliphatic rings. The minimum Gasteiger partial charge on any atom is -0.389 e. The van der Waals surface area contributed by atoms with Gasteiger partial charge < -0.3 is 5.11 Å². The quantitative estimate of drug-likeness (QED) is 0.265. The van der Waals surface area contributed by atoms with Gasteiger partial charge in [0.25, 0.3) is 0 Å². The van der Waals surface area contributed by atoms with Gasteiger partial charge in [-0.3, -0.25) is 9.78 Å². The molecule has 3 aliphatic carbocycles. The summed E-state index contributed by atoms with van der Waals surface area (Å²) in [4.78, 5) is 18.5. The van der Waals surface area contributed by atoms with Crippen LogP contribution in [0.3, 0.4) is 0 Å². The number of Topliss-reactive ketones (excluding diaryl/α,β-unsaturated/α-hetero) is 1. The molecule has 2 fully saturated rings. The van der Waals surface area contributed by atoms with Gasteiger partial charge in [0.05, 0.1) is 33.5 Å². The molecule has 4 aromatic rings. The molecule has 0 amide bonds. The summed E-state index contributed by atoms with van der Waals surface area (Å²) in [5.41, 5.74) is 0.232. The maximum absolute atomic E-state index is 14.5. The first-order chi connectivity index (χ1) is 21.5. The number of carbonyl (C=O) groups excluding carboxylic acids is 1. The van der Waals surface area contributed by atoms with Crippen LogP contribution in [-0.2, 0) is 16.4 Å². The lowest BCUT2D eigenvalue weighted by molar-refractivity contribution is 0.0664. The van der Waals surface area contributed by atoms with Gasteiger partial charge >= 0.3 is 0 Å². The van der Waals surface area contributed by atoms with Crippen LogP contribution in [0.5, 0.6) is 0 Å². The minimum absolute atomic E-state index is 0.0491. The number of fused-ring (bicyclic) bond motifs is 2. The maximum atomic E-state index is 14.5. The molecule has 2 heterocycles. The molecule has 2 saturated carbocycles. The van der Waals surface area contributed by atoms with Gasteiger partial charge in [-0.15, -0.1) is 0 Å². The van der Waals surface area contributed by atoms with Gasteiger partial charge in [0.15, 0.2) is 5.78 Å². The Hall–Kier alpha value is -4.13. The number of aliphatic hydroxyl groups is 1. The molecule has 0 spiro atoms. The second kappa shape index (κ2) is 10.7. The summed E-state index contributed by atoms with van der Waals surface area (Å²) in [6, 6.07) is 11.9. The third-order valence-corrected chi connectivity index (χ3v) is 11.1. The van der Waals surface area contributed by atoms with Crippen LogP contribution in [0.25, 0.3) is 11.8 Å². The average molecular weight is 635 g/mol. The summed E-state index contributed by atoms with van der Waals surface area (Å²) >= 11 is 0. The summed E-state index contributed by atoms with van der Waals surface area (Å²) < 4.78 is 72.8. The SMILES string of the molecule is O=C(c1cc(F)ccn1)[C@]12Cc3cnn(-c4ccc(F)cc4)c3C=C1CC[C@H](N(CC1(O)CC1)S(=O)(=O)c1ccc(F)cc1)C2. The molecule has 2 aromatic heterocycles. The maximum Gasteiger partial charge on any atom is 0.243 e. The Morgan fingerprint density at radius 2 is 1.69 bits per heavy atom. The first kappa shape index (κ1) is 29.6. The Labute approximate surface area is 257 Å². The molecule has 0 unspecified atom stereocenters. The van der Waals surface area contributed by atoms with Crippen molar-refractivity contribution in [2.75, 3.05) is 6.54 Å². The van der Waals surface area contributed by atoms with Gasteiger partial charge in [-0.1, -0.05) is 5.57 Å². The van der Waals surface area contributed by atoms with E-state index in [4.69, 9.17) is 0 Å². The Balaban J connectivity index is 1.32. The zero-order valence-electron chi connectivity index (χ0n) is 24.0. The highest BCUT2D eigenvalue weighted by Crippen LogP contribution is 2.52. The second-order valence-electron chi connectivity index (χ2n) is 12.2. The van der Waals surface area contributed by atoms with Crippen molar-refractivity contribution in [3.8, 4) is 5.69 Å². The van der Waals surface area contributed by atoms with Gasteiger partial charge in [-0.25, -0.2) is 26.3 Å². The Bertz CT molecular complexity index is 1940. The van der Waals surface area contributed by atoms with Crippen molar-refractivity contribution in [3.05, 3.63) is 113 Å². The van der Waals surface area contributed by atoms with Crippen LogP contribution in [0.4, 0.5) is 13.2 Å². The molecule has 8 nitrogen and oxygen atoms in total. The highest BCUT2D eigenvalue weighted by molar-refractivity contribution is 7.89. The van der Waals surface area contributed by atoms with Gasteiger partial charge in [0.1, 0.15) is 23.1 Å². The highest BCUT2D eigenvalue weighted by atomic mass is 32.2. The van der Waals surface area contributed by atoms with Crippen molar-refractivity contribution >= 4 is 21.9 Å². The van der Waals surface area contributed by atoms with Crippen molar-refractivity contribution in [3.63, 3.8) is 0 Å². The van der Waals surface area contributed by atoms with Gasteiger partial charge in [-0.05, 0) is 105 Å². The molecule has 1 N–H and O–H groups in total. The van der Waals surface area contributed by atoms with Crippen LogP contribution in [0.1, 0.15) is 53.8 Å². The number of pyridine rings is 1. The standard InChI is InChI=1S/C33H29F3N4O4S/c34-23-2-7-26(8-3-23)40-30-15-22-1-6-27(39(20-32(42)12-13-32)45(43,44)28-9-4-24(35)5-10-28)18-33(22,17-21(30)19-38-40)31(41)29-16-25(36)11-14-37-29/h2-5,7-11,14-16,19,27,42H,1,6,12-13,17-18,20H2/t27-,33-/m0/s1. The van der Waals surface area contributed by atoms with Crippen LogP contribution >= 0.6 is 0 Å². The molecule has 2 aromatic carbocycles. The van der Waals surface area contributed by atoms with E-state index in [0.717, 1.165) is 29.8 Å². The topological polar surface area (TPSA) is 105 Å². The van der Waals surface area contributed by atoms with Gasteiger partial charge in [-0.2, -0.15) is 9.40 Å². The van der Waals surface area contributed by atoms with E-state index in [-0.39, 0.29) is 35.8 Å². The van der Waals surface area contributed by atoms with Gasteiger partial charge in [0.2, 0.25) is 10.0 Å². The Morgan fingerprint density at radius 1 is 1.00 bits per heavy atom. The third kappa shape index (κ3) is 5.30. The molecule has 7 rings (SSSR count). The summed E-state index contributed by atoms with van der Waals surface area (Å²) in [6.45, 7) is -0.174. The number of rotatable bonds is 8. The van der Waals surface area contributed by atoms with Crippen molar-refractivity contribution in [1.82, 2.24) is 19.1 Å². The first-order valence-corrected chi connectivity index (χ1v) is 16.1. The van der Waals surface area contributed by atoms with Crippen LogP contribution < -0.4 is 0 Å². The Kier molecular flexibility index (Phi) is 7.06. The molecule has 0 bridgehead atoms. The lowest BCUT2D eigenvalue weighted by Gasteiger charge is -2.46. The lowest BCUT2D eigenvalue weighted by atomic mass is 9.60. The van der Waals surface area contributed by atoms with E-state index in [0.29, 0.717) is 42.6 Å². The highest BCUT2D eigenvalue weighted by Gasteiger charge is 2.54. The van der Waals surface area contributed by atoms with Crippen molar-refractivity contribution in [2.24, 2.45) is 5.41 Å². The number of hydrogen-bond acceptors (Lipinski definition) is 6. The summed E-state index contributed by atoms with van der Waals surface area (Å²) in [5.74, 6) is -2.04. The van der Waals surface area contributed by atoms with Crippen LogP contribution in [0, 0.1) is 22.9 Å². The number of carbonyl (C=O) groups is 1. The van der Waals surface area contributed by atoms with Crippen LogP contribution in [-0.4, -0.2) is 56.6 Å². The van der Waals surface area contributed by atoms with Crippen molar-refractivity contribution < 1.29 is 31.5 Å². The molecular weight excluding hydrogens is 605 g/mol. The smallest absolute Gasteiger partial charge is 0.243 e. The molecule has 45 heavy (non-hydrogen) atoms. The molecule has 2 atom stereocenters. The zero-order chi connectivity index (χ0) is 31.6.